The molecule has 4 rings (SSSR count). The topological polar surface area (TPSA) is 80.6 Å². The molecule has 3 aromatic rings. The van der Waals surface area contributed by atoms with Gasteiger partial charge in [-0.25, -0.2) is 9.97 Å². The number of aromatic nitrogens is 3. The van der Waals surface area contributed by atoms with E-state index in [1.54, 1.807) is 26.6 Å². The van der Waals surface area contributed by atoms with Gasteiger partial charge in [-0.3, -0.25) is 4.98 Å². The maximum atomic E-state index is 9.80. The average Bonchev–Trinajstić information content (AvgIpc) is 3.21. The zero-order chi connectivity index (χ0) is 18.8. The summed E-state index contributed by atoms with van der Waals surface area (Å²) in [4.78, 5) is 15.9. The van der Waals surface area contributed by atoms with Gasteiger partial charge in [0.2, 0.25) is 0 Å². The Bertz CT molecular complexity index is 949. The maximum Gasteiger partial charge on any atom is 0.163 e. The lowest BCUT2D eigenvalue weighted by Gasteiger charge is -2.26. The first-order valence-electron chi connectivity index (χ1n) is 8.97. The van der Waals surface area contributed by atoms with Crippen molar-refractivity contribution in [2.24, 2.45) is 0 Å². The molecule has 2 aromatic heterocycles. The van der Waals surface area contributed by atoms with Crippen molar-refractivity contribution in [3.05, 3.63) is 36.7 Å². The van der Waals surface area contributed by atoms with E-state index in [1.807, 2.05) is 24.3 Å². The van der Waals surface area contributed by atoms with Crippen LogP contribution in [0.3, 0.4) is 0 Å². The van der Waals surface area contributed by atoms with Crippen molar-refractivity contribution in [1.29, 1.82) is 0 Å². The Labute approximate surface area is 157 Å². The fraction of sp³-hybridized carbons (Fsp3) is 0.350. The lowest BCUT2D eigenvalue weighted by Crippen LogP contribution is -2.33. The number of fused-ring (bicyclic) bond motifs is 1. The van der Waals surface area contributed by atoms with Crippen LogP contribution in [0.2, 0.25) is 0 Å². The smallest absolute Gasteiger partial charge is 0.163 e. The van der Waals surface area contributed by atoms with Gasteiger partial charge in [-0.2, -0.15) is 0 Å². The molecule has 0 unspecified atom stereocenters. The number of aliphatic hydroxyl groups is 1. The Morgan fingerprint density at radius 3 is 2.70 bits per heavy atom. The number of nitrogens with zero attached hydrogens (tertiary/aromatic N) is 4. The number of benzene rings is 1. The molecule has 1 fully saturated rings. The van der Waals surface area contributed by atoms with E-state index in [0.717, 1.165) is 41.7 Å². The molecule has 0 saturated carbocycles. The van der Waals surface area contributed by atoms with Gasteiger partial charge < -0.3 is 19.5 Å². The van der Waals surface area contributed by atoms with Crippen molar-refractivity contribution in [1.82, 2.24) is 15.0 Å². The molecule has 1 N–H and O–H groups in total. The van der Waals surface area contributed by atoms with E-state index in [2.05, 4.69) is 9.88 Å². The molecule has 140 valence electrons. The van der Waals surface area contributed by atoms with E-state index in [4.69, 9.17) is 19.4 Å². The quantitative estimate of drug-likeness (QED) is 0.743. The largest absolute Gasteiger partial charge is 0.493 e. The van der Waals surface area contributed by atoms with Gasteiger partial charge >= 0.3 is 0 Å². The minimum atomic E-state index is 0.0537. The number of hydrogen-bond donors (Lipinski definition) is 1. The molecule has 1 aliphatic rings. The van der Waals surface area contributed by atoms with Gasteiger partial charge in [-0.1, -0.05) is 0 Å². The summed E-state index contributed by atoms with van der Waals surface area (Å²) in [5, 5.41) is 10.7. The van der Waals surface area contributed by atoms with Crippen LogP contribution in [-0.4, -0.2) is 53.5 Å². The molecular weight excluding hydrogens is 344 g/mol. The summed E-state index contributed by atoms with van der Waals surface area (Å²) in [6, 6.07) is 7.63. The Kier molecular flexibility index (Phi) is 4.77. The lowest BCUT2D eigenvalue weighted by molar-refractivity contribution is 0.266. The molecule has 1 aliphatic heterocycles. The lowest BCUT2D eigenvalue weighted by atomic mass is 10.1. The zero-order valence-corrected chi connectivity index (χ0v) is 15.4. The van der Waals surface area contributed by atoms with Gasteiger partial charge in [0.15, 0.2) is 17.3 Å². The second-order valence-electron chi connectivity index (χ2n) is 6.51. The number of pyridine rings is 1. The Morgan fingerprint density at radius 1 is 1.19 bits per heavy atom. The Balaban J connectivity index is 1.97. The third-order valence-electron chi connectivity index (χ3n) is 4.96. The SMILES string of the molecule is COc1cc2nc(-c3cccnc3)nc(N3CCC[C@H]3CO)c2cc1OC. The molecule has 1 atom stereocenters. The summed E-state index contributed by atoms with van der Waals surface area (Å²) in [6.45, 7) is 0.944. The summed E-state index contributed by atoms with van der Waals surface area (Å²) >= 11 is 0. The second kappa shape index (κ2) is 7.36. The molecule has 0 bridgehead atoms. The summed E-state index contributed by atoms with van der Waals surface area (Å²) in [5.74, 6) is 2.65. The first kappa shape index (κ1) is 17.5. The van der Waals surface area contributed by atoms with Crippen molar-refractivity contribution >= 4 is 16.7 Å². The monoisotopic (exact) mass is 366 g/mol. The molecule has 0 spiro atoms. The normalized spacial score (nSPS) is 16.7. The first-order chi connectivity index (χ1) is 13.2. The highest BCUT2D eigenvalue weighted by molar-refractivity contribution is 5.93. The maximum absolute atomic E-state index is 9.80. The standard InChI is InChI=1S/C20H22N4O3/c1-26-17-9-15-16(10-18(17)27-2)22-19(13-5-3-7-21-11-13)23-20(15)24-8-4-6-14(24)12-25/h3,5,7,9-11,14,25H,4,6,8,12H2,1-2H3/t14-/m0/s1. The molecule has 7 heteroatoms. The minimum absolute atomic E-state index is 0.0537. The summed E-state index contributed by atoms with van der Waals surface area (Å²) in [5.41, 5.74) is 1.61. The predicted octanol–water partition coefficient (Wildman–Crippen LogP) is 2.67. The molecule has 0 aliphatic carbocycles. The van der Waals surface area contributed by atoms with Crippen LogP contribution in [0.15, 0.2) is 36.7 Å². The fourth-order valence-electron chi connectivity index (χ4n) is 3.59. The molecule has 1 aromatic carbocycles. The summed E-state index contributed by atoms with van der Waals surface area (Å²) in [7, 11) is 3.22. The highest BCUT2D eigenvalue weighted by Crippen LogP contribution is 2.38. The van der Waals surface area contributed by atoms with Crippen LogP contribution in [0.5, 0.6) is 11.5 Å². The van der Waals surface area contributed by atoms with Crippen LogP contribution in [-0.2, 0) is 0 Å². The third-order valence-corrected chi connectivity index (χ3v) is 4.96. The predicted molar refractivity (Wildman–Crippen MR) is 103 cm³/mol. The van der Waals surface area contributed by atoms with E-state index in [0.29, 0.717) is 17.3 Å². The Hall–Kier alpha value is -2.93. The Morgan fingerprint density at radius 2 is 2.00 bits per heavy atom. The van der Waals surface area contributed by atoms with Gasteiger partial charge in [0, 0.05) is 36.0 Å². The van der Waals surface area contributed by atoms with Crippen LogP contribution in [0.1, 0.15) is 12.8 Å². The molecule has 27 heavy (non-hydrogen) atoms. The van der Waals surface area contributed by atoms with Crippen molar-refractivity contribution in [3.8, 4) is 22.9 Å². The van der Waals surface area contributed by atoms with Crippen molar-refractivity contribution < 1.29 is 14.6 Å². The highest BCUT2D eigenvalue weighted by Gasteiger charge is 2.28. The molecule has 1 saturated heterocycles. The van der Waals surface area contributed by atoms with Gasteiger partial charge in [-0.05, 0) is 31.0 Å². The van der Waals surface area contributed by atoms with Gasteiger partial charge in [0.05, 0.1) is 32.4 Å². The van der Waals surface area contributed by atoms with E-state index < -0.39 is 0 Å². The van der Waals surface area contributed by atoms with Gasteiger partial charge in [0.25, 0.3) is 0 Å². The molecule has 7 nitrogen and oxygen atoms in total. The van der Waals surface area contributed by atoms with Crippen LogP contribution < -0.4 is 14.4 Å². The highest BCUT2D eigenvalue weighted by atomic mass is 16.5. The van der Waals surface area contributed by atoms with Crippen molar-refractivity contribution in [3.63, 3.8) is 0 Å². The van der Waals surface area contributed by atoms with Gasteiger partial charge in [0.1, 0.15) is 5.82 Å². The van der Waals surface area contributed by atoms with Crippen LogP contribution in [0.4, 0.5) is 5.82 Å². The first-order valence-corrected chi connectivity index (χ1v) is 8.97. The van der Waals surface area contributed by atoms with Crippen LogP contribution in [0.25, 0.3) is 22.3 Å². The fourth-order valence-corrected chi connectivity index (χ4v) is 3.59. The van der Waals surface area contributed by atoms with Crippen molar-refractivity contribution in [2.45, 2.75) is 18.9 Å². The van der Waals surface area contributed by atoms with Crippen LogP contribution >= 0.6 is 0 Å². The molecule has 0 radical (unpaired) electrons. The zero-order valence-electron chi connectivity index (χ0n) is 15.4. The molecule has 3 heterocycles. The number of hydrogen-bond acceptors (Lipinski definition) is 7. The average molecular weight is 366 g/mol. The third kappa shape index (κ3) is 3.14. The number of anilines is 1. The number of rotatable bonds is 5. The summed E-state index contributed by atoms with van der Waals surface area (Å²) in [6.07, 6.45) is 5.44. The van der Waals surface area contributed by atoms with Crippen LogP contribution in [0, 0.1) is 0 Å². The summed E-state index contributed by atoms with van der Waals surface area (Å²) < 4.78 is 10.9. The molecular formula is C20H22N4O3. The van der Waals surface area contributed by atoms with Gasteiger partial charge in [-0.15, -0.1) is 0 Å². The van der Waals surface area contributed by atoms with E-state index in [1.165, 1.54) is 0 Å². The number of methoxy groups -OCH3 is 2. The number of aliphatic hydroxyl groups excluding tert-OH is 1. The minimum Gasteiger partial charge on any atom is -0.493 e. The van der Waals surface area contributed by atoms with E-state index in [9.17, 15) is 5.11 Å². The van der Waals surface area contributed by atoms with E-state index >= 15 is 0 Å². The second-order valence-corrected chi connectivity index (χ2v) is 6.51. The molecule has 0 amide bonds. The van der Waals surface area contributed by atoms with E-state index in [-0.39, 0.29) is 12.6 Å². The number of ether oxygens (including phenoxy) is 2. The van der Waals surface area contributed by atoms with Crippen molar-refractivity contribution in [2.75, 3.05) is 32.3 Å².